The van der Waals surface area contributed by atoms with Gasteiger partial charge in [-0.15, -0.1) is 12.4 Å². The number of para-hydroxylation sites is 2. The SMILES string of the molecule is CC(C)NCCCNC(=O)C1COc2ccccc2O1.Cl. The lowest BCUT2D eigenvalue weighted by Gasteiger charge is -2.25. The Hall–Kier alpha value is -1.46. The van der Waals surface area contributed by atoms with Crippen LogP contribution in [0.5, 0.6) is 11.5 Å². The van der Waals surface area contributed by atoms with Crippen molar-refractivity contribution in [3.05, 3.63) is 24.3 Å². The van der Waals surface area contributed by atoms with Crippen molar-refractivity contribution in [3.8, 4) is 11.5 Å². The van der Waals surface area contributed by atoms with E-state index in [1.165, 1.54) is 0 Å². The summed E-state index contributed by atoms with van der Waals surface area (Å²) in [6.07, 6.45) is 0.330. The summed E-state index contributed by atoms with van der Waals surface area (Å²) in [6.45, 7) is 5.99. The summed E-state index contributed by atoms with van der Waals surface area (Å²) in [6, 6.07) is 7.85. The van der Waals surface area contributed by atoms with Crippen LogP contribution in [0.1, 0.15) is 20.3 Å². The number of hydrogen-bond acceptors (Lipinski definition) is 4. The molecule has 0 fully saturated rings. The molecule has 1 heterocycles. The van der Waals surface area contributed by atoms with Gasteiger partial charge in [-0.3, -0.25) is 4.79 Å². The van der Waals surface area contributed by atoms with Gasteiger partial charge in [0, 0.05) is 12.6 Å². The number of carbonyl (C=O) groups is 1. The first-order valence-corrected chi connectivity index (χ1v) is 7.06. The highest BCUT2D eigenvalue weighted by Gasteiger charge is 2.26. The topological polar surface area (TPSA) is 59.6 Å². The van der Waals surface area contributed by atoms with Gasteiger partial charge in [0.1, 0.15) is 6.61 Å². The second kappa shape index (κ2) is 8.74. The molecule has 1 aliphatic heterocycles. The van der Waals surface area contributed by atoms with E-state index >= 15 is 0 Å². The molecule has 1 unspecified atom stereocenters. The Morgan fingerprint density at radius 2 is 2.00 bits per heavy atom. The lowest BCUT2D eigenvalue weighted by molar-refractivity contribution is -0.130. The zero-order valence-electron chi connectivity index (χ0n) is 12.4. The number of benzene rings is 1. The molecule has 21 heavy (non-hydrogen) atoms. The average Bonchev–Trinajstić information content (AvgIpc) is 2.46. The van der Waals surface area contributed by atoms with Crippen LogP contribution in [0, 0.1) is 0 Å². The zero-order valence-corrected chi connectivity index (χ0v) is 13.2. The Morgan fingerprint density at radius 3 is 2.71 bits per heavy atom. The number of rotatable bonds is 6. The van der Waals surface area contributed by atoms with Gasteiger partial charge in [-0.05, 0) is 25.1 Å². The summed E-state index contributed by atoms with van der Waals surface area (Å²) >= 11 is 0. The molecular formula is C15H23ClN2O3. The van der Waals surface area contributed by atoms with E-state index in [0.717, 1.165) is 13.0 Å². The molecule has 2 N–H and O–H groups in total. The van der Waals surface area contributed by atoms with Crippen molar-refractivity contribution < 1.29 is 14.3 Å². The molecular weight excluding hydrogens is 292 g/mol. The largest absolute Gasteiger partial charge is 0.485 e. The molecule has 0 saturated carbocycles. The van der Waals surface area contributed by atoms with Crippen LogP contribution < -0.4 is 20.1 Å². The second-order valence-corrected chi connectivity index (χ2v) is 5.12. The van der Waals surface area contributed by atoms with E-state index in [9.17, 15) is 4.79 Å². The first-order valence-electron chi connectivity index (χ1n) is 7.06. The van der Waals surface area contributed by atoms with Gasteiger partial charge in [0.25, 0.3) is 5.91 Å². The summed E-state index contributed by atoms with van der Waals surface area (Å²) in [5, 5.41) is 6.18. The first kappa shape index (κ1) is 17.6. The number of fused-ring (bicyclic) bond motifs is 1. The smallest absolute Gasteiger partial charge is 0.264 e. The van der Waals surface area contributed by atoms with E-state index in [0.29, 0.717) is 24.1 Å². The molecule has 1 aromatic rings. The van der Waals surface area contributed by atoms with Gasteiger partial charge >= 0.3 is 0 Å². The van der Waals surface area contributed by atoms with Gasteiger partial charge < -0.3 is 20.1 Å². The van der Waals surface area contributed by atoms with E-state index < -0.39 is 6.10 Å². The van der Waals surface area contributed by atoms with Crippen molar-refractivity contribution >= 4 is 18.3 Å². The van der Waals surface area contributed by atoms with Crippen LogP contribution in [0.15, 0.2) is 24.3 Å². The number of carbonyl (C=O) groups excluding carboxylic acids is 1. The Morgan fingerprint density at radius 1 is 1.29 bits per heavy atom. The standard InChI is InChI=1S/C15H22N2O3.ClH/c1-11(2)16-8-5-9-17-15(18)14-10-19-12-6-3-4-7-13(12)20-14;/h3-4,6-7,11,14,16H,5,8-10H2,1-2H3,(H,17,18);1H. The Labute approximate surface area is 131 Å². The van der Waals surface area contributed by atoms with Crippen molar-refractivity contribution in [3.63, 3.8) is 0 Å². The molecule has 0 radical (unpaired) electrons. The van der Waals surface area contributed by atoms with Gasteiger partial charge in [0.15, 0.2) is 11.5 Å². The average molecular weight is 315 g/mol. The molecule has 1 amide bonds. The van der Waals surface area contributed by atoms with E-state index in [2.05, 4.69) is 24.5 Å². The second-order valence-electron chi connectivity index (χ2n) is 5.12. The number of ether oxygens (including phenoxy) is 2. The molecule has 0 bridgehead atoms. The molecule has 0 aromatic heterocycles. The quantitative estimate of drug-likeness (QED) is 0.786. The number of halogens is 1. The van der Waals surface area contributed by atoms with Crippen molar-refractivity contribution in [1.29, 1.82) is 0 Å². The highest BCUT2D eigenvalue weighted by molar-refractivity contribution is 5.85. The lowest BCUT2D eigenvalue weighted by Crippen LogP contribution is -2.44. The summed E-state index contributed by atoms with van der Waals surface area (Å²) in [4.78, 5) is 12.0. The number of hydrogen-bond donors (Lipinski definition) is 2. The van der Waals surface area contributed by atoms with Crippen LogP contribution in [-0.4, -0.2) is 37.7 Å². The van der Waals surface area contributed by atoms with Crippen molar-refractivity contribution in [1.82, 2.24) is 10.6 Å². The van der Waals surface area contributed by atoms with Gasteiger partial charge in [0.2, 0.25) is 6.10 Å². The molecule has 5 nitrogen and oxygen atoms in total. The van der Waals surface area contributed by atoms with Crippen molar-refractivity contribution in [2.75, 3.05) is 19.7 Å². The molecule has 1 atom stereocenters. The molecule has 2 rings (SSSR count). The van der Waals surface area contributed by atoms with Crippen LogP contribution in [-0.2, 0) is 4.79 Å². The summed E-state index contributed by atoms with van der Waals surface area (Å²) < 4.78 is 11.2. The molecule has 0 saturated heterocycles. The van der Waals surface area contributed by atoms with Gasteiger partial charge in [0.05, 0.1) is 0 Å². The predicted molar refractivity (Wildman–Crippen MR) is 84.4 cm³/mol. The van der Waals surface area contributed by atoms with Crippen LogP contribution in [0.2, 0.25) is 0 Å². The van der Waals surface area contributed by atoms with Gasteiger partial charge in [-0.2, -0.15) is 0 Å². The number of amides is 1. The minimum atomic E-state index is -0.567. The van der Waals surface area contributed by atoms with E-state index in [1.54, 1.807) is 6.07 Å². The lowest BCUT2D eigenvalue weighted by atomic mass is 10.2. The Balaban J connectivity index is 0.00000220. The summed E-state index contributed by atoms with van der Waals surface area (Å²) in [7, 11) is 0. The molecule has 118 valence electrons. The van der Waals surface area contributed by atoms with E-state index in [4.69, 9.17) is 9.47 Å². The highest BCUT2D eigenvalue weighted by atomic mass is 35.5. The maximum Gasteiger partial charge on any atom is 0.264 e. The summed E-state index contributed by atoms with van der Waals surface area (Å²) in [5.74, 6) is 1.20. The van der Waals surface area contributed by atoms with Crippen molar-refractivity contribution in [2.45, 2.75) is 32.4 Å². The van der Waals surface area contributed by atoms with Gasteiger partial charge in [-0.25, -0.2) is 0 Å². The third-order valence-corrected chi connectivity index (χ3v) is 3.01. The zero-order chi connectivity index (χ0) is 14.4. The van der Waals surface area contributed by atoms with E-state index in [1.807, 2.05) is 18.2 Å². The minimum absolute atomic E-state index is 0. The molecule has 0 aliphatic carbocycles. The first-order chi connectivity index (χ1) is 9.66. The monoisotopic (exact) mass is 314 g/mol. The fraction of sp³-hybridized carbons (Fsp3) is 0.533. The molecule has 1 aliphatic rings. The van der Waals surface area contributed by atoms with Gasteiger partial charge in [-0.1, -0.05) is 26.0 Å². The fourth-order valence-electron chi connectivity index (χ4n) is 1.95. The third kappa shape index (κ3) is 5.44. The minimum Gasteiger partial charge on any atom is -0.485 e. The third-order valence-electron chi connectivity index (χ3n) is 3.01. The van der Waals surface area contributed by atoms with Crippen LogP contribution in [0.25, 0.3) is 0 Å². The van der Waals surface area contributed by atoms with E-state index in [-0.39, 0.29) is 24.9 Å². The number of nitrogens with one attached hydrogen (secondary N) is 2. The van der Waals surface area contributed by atoms with Crippen LogP contribution in [0.4, 0.5) is 0 Å². The van der Waals surface area contributed by atoms with Crippen LogP contribution in [0.3, 0.4) is 0 Å². The maximum absolute atomic E-state index is 12.0. The molecule has 0 spiro atoms. The molecule has 6 heteroatoms. The maximum atomic E-state index is 12.0. The molecule has 1 aromatic carbocycles. The fourth-order valence-corrected chi connectivity index (χ4v) is 1.95. The Kier molecular flexibility index (Phi) is 7.32. The summed E-state index contributed by atoms with van der Waals surface area (Å²) in [5.41, 5.74) is 0. The Bertz CT molecular complexity index is 454. The highest BCUT2D eigenvalue weighted by Crippen LogP contribution is 2.30. The normalized spacial score (nSPS) is 16.2. The van der Waals surface area contributed by atoms with Crippen molar-refractivity contribution in [2.24, 2.45) is 0 Å². The predicted octanol–water partition coefficient (Wildman–Crippen LogP) is 1.75. The van der Waals surface area contributed by atoms with Crippen LogP contribution >= 0.6 is 12.4 Å².